The summed E-state index contributed by atoms with van der Waals surface area (Å²) < 4.78 is 0. The molecule has 0 radical (unpaired) electrons. The normalized spacial score (nSPS) is 15.3. The van der Waals surface area contributed by atoms with E-state index < -0.39 is 0 Å². The zero-order valence-electron chi connectivity index (χ0n) is 16.0. The summed E-state index contributed by atoms with van der Waals surface area (Å²) in [6.07, 6.45) is 3.47. The van der Waals surface area contributed by atoms with Crippen molar-refractivity contribution in [2.24, 2.45) is 0 Å². The average Bonchev–Trinajstić information content (AvgIpc) is 2.74. The predicted molar refractivity (Wildman–Crippen MR) is 120 cm³/mol. The zero-order chi connectivity index (χ0) is 19.9. The van der Waals surface area contributed by atoms with Crippen molar-refractivity contribution in [2.75, 3.05) is 20.1 Å². The minimum Gasteiger partial charge on any atom is -0.483 e. The molecule has 1 aliphatic rings. The molecule has 0 bridgehead atoms. The first-order chi connectivity index (χ1) is 13.7. The summed E-state index contributed by atoms with van der Waals surface area (Å²) >= 11 is 5.05. The number of carbonyl (C=O) groups is 1. The number of hydrogen-bond acceptors (Lipinski definition) is 3. The number of thiol groups is 1. The Hall–Kier alpha value is -2.56. The van der Waals surface area contributed by atoms with Gasteiger partial charge in [-0.15, -0.1) is 0 Å². The smallest absolute Gasteiger partial charge is 0.290 e. The largest absolute Gasteiger partial charge is 0.483 e. The maximum Gasteiger partial charge on any atom is 0.290 e. The summed E-state index contributed by atoms with van der Waals surface area (Å²) in [7, 11) is 2.18. The number of fused-ring (bicyclic) bond motifs is 1. The van der Waals surface area contributed by atoms with Crippen molar-refractivity contribution in [1.29, 1.82) is 0 Å². The number of benzene rings is 3. The lowest BCUT2D eigenvalue weighted by Gasteiger charge is -2.25. The third kappa shape index (κ3) is 4.46. The lowest BCUT2D eigenvalue weighted by atomic mass is 9.90. The summed E-state index contributed by atoms with van der Waals surface area (Å²) in [5.41, 5.74) is 5.39. The van der Waals surface area contributed by atoms with Gasteiger partial charge < -0.3 is 10.0 Å². The van der Waals surface area contributed by atoms with Crippen LogP contribution in [0.2, 0.25) is 0 Å². The van der Waals surface area contributed by atoms with Crippen LogP contribution in [0.15, 0.2) is 72.8 Å². The zero-order valence-corrected chi connectivity index (χ0v) is 16.8. The standard InChI is InChI=1S/C23H23NS.CH2O2/c1-24-15-13-18(14-16-24)20-10-4-5-11-21(20)23(25)22-12-6-8-17-7-2-3-9-19(17)22;2-1-3/h2-13,23,25H,14-16H2,1H3;1H,(H,2,3). The third-order valence-corrected chi connectivity index (χ3v) is 5.69. The van der Waals surface area contributed by atoms with Gasteiger partial charge in [-0.3, -0.25) is 4.79 Å². The Kier molecular flexibility index (Phi) is 6.90. The molecule has 144 valence electrons. The summed E-state index contributed by atoms with van der Waals surface area (Å²) in [6.45, 7) is 1.89. The fraction of sp³-hybridized carbons (Fsp3) is 0.208. The van der Waals surface area contributed by atoms with Crippen molar-refractivity contribution < 1.29 is 9.90 Å². The first-order valence-electron chi connectivity index (χ1n) is 9.36. The Morgan fingerprint density at radius 2 is 1.64 bits per heavy atom. The van der Waals surface area contributed by atoms with Crippen LogP contribution in [0.4, 0.5) is 0 Å². The molecule has 1 unspecified atom stereocenters. The molecule has 0 spiro atoms. The molecule has 0 amide bonds. The van der Waals surface area contributed by atoms with Crippen LogP contribution in [0.1, 0.15) is 28.4 Å². The number of carboxylic acid groups (broad SMARTS) is 1. The van der Waals surface area contributed by atoms with E-state index in [1.807, 2.05) is 0 Å². The lowest BCUT2D eigenvalue weighted by molar-refractivity contribution is -0.122. The van der Waals surface area contributed by atoms with Crippen LogP contribution in [0.5, 0.6) is 0 Å². The van der Waals surface area contributed by atoms with E-state index in [4.69, 9.17) is 22.5 Å². The number of rotatable bonds is 3. The van der Waals surface area contributed by atoms with Gasteiger partial charge in [0.15, 0.2) is 0 Å². The van der Waals surface area contributed by atoms with Crippen LogP contribution in [0.25, 0.3) is 16.3 Å². The van der Waals surface area contributed by atoms with E-state index in [1.54, 1.807) is 0 Å². The van der Waals surface area contributed by atoms with Gasteiger partial charge in [-0.05, 0) is 46.5 Å². The van der Waals surface area contributed by atoms with Gasteiger partial charge in [0.1, 0.15) is 0 Å². The second-order valence-corrected chi connectivity index (χ2v) is 7.42. The fourth-order valence-corrected chi connectivity index (χ4v) is 4.15. The highest BCUT2D eigenvalue weighted by Gasteiger charge is 2.19. The molecular weight excluding hydrogens is 366 g/mol. The molecule has 4 heteroatoms. The summed E-state index contributed by atoms with van der Waals surface area (Å²) in [6, 6.07) is 23.8. The molecule has 3 aromatic rings. The second-order valence-electron chi connectivity index (χ2n) is 6.91. The SMILES string of the molecule is CN1CC=C(c2ccccc2C(S)c2cccc3ccccc23)CC1.O=CO. The van der Waals surface area contributed by atoms with E-state index in [2.05, 4.69) is 84.8 Å². The molecule has 0 aromatic heterocycles. The van der Waals surface area contributed by atoms with Crippen LogP contribution in [0.3, 0.4) is 0 Å². The summed E-state index contributed by atoms with van der Waals surface area (Å²) in [4.78, 5) is 10.7. The molecule has 4 rings (SSSR count). The predicted octanol–water partition coefficient (Wildman–Crippen LogP) is 5.28. The summed E-state index contributed by atoms with van der Waals surface area (Å²) in [5, 5.41) is 9.52. The highest BCUT2D eigenvalue weighted by Crippen LogP contribution is 2.38. The van der Waals surface area contributed by atoms with Gasteiger partial charge in [0.25, 0.3) is 6.47 Å². The number of nitrogens with zero attached hydrogens (tertiary/aromatic N) is 1. The molecule has 0 fully saturated rings. The average molecular weight is 392 g/mol. The van der Waals surface area contributed by atoms with Gasteiger partial charge >= 0.3 is 0 Å². The van der Waals surface area contributed by atoms with Crippen molar-refractivity contribution in [3.63, 3.8) is 0 Å². The van der Waals surface area contributed by atoms with E-state index in [0.29, 0.717) is 0 Å². The molecule has 28 heavy (non-hydrogen) atoms. The van der Waals surface area contributed by atoms with Crippen molar-refractivity contribution in [1.82, 2.24) is 4.90 Å². The Morgan fingerprint density at radius 1 is 1.00 bits per heavy atom. The van der Waals surface area contributed by atoms with Crippen molar-refractivity contribution >= 4 is 35.4 Å². The molecule has 3 nitrogen and oxygen atoms in total. The van der Waals surface area contributed by atoms with Gasteiger partial charge in [0.2, 0.25) is 0 Å². The highest BCUT2D eigenvalue weighted by molar-refractivity contribution is 7.80. The Morgan fingerprint density at radius 3 is 2.39 bits per heavy atom. The highest BCUT2D eigenvalue weighted by atomic mass is 32.1. The minimum atomic E-state index is -0.250. The van der Waals surface area contributed by atoms with Gasteiger partial charge in [0, 0.05) is 13.1 Å². The molecule has 0 aliphatic carbocycles. The lowest BCUT2D eigenvalue weighted by Crippen LogP contribution is -2.24. The fourth-order valence-electron chi connectivity index (χ4n) is 3.70. The Bertz CT molecular complexity index is 978. The maximum atomic E-state index is 8.36. The monoisotopic (exact) mass is 391 g/mol. The Balaban J connectivity index is 0.000000706. The van der Waals surface area contributed by atoms with E-state index in [-0.39, 0.29) is 11.7 Å². The molecular formula is C24H25NO2S. The molecule has 1 atom stereocenters. The van der Waals surface area contributed by atoms with Crippen LogP contribution in [0, 0.1) is 0 Å². The van der Waals surface area contributed by atoms with E-state index in [0.717, 1.165) is 19.5 Å². The molecule has 0 saturated heterocycles. The second kappa shape index (κ2) is 9.58. The minimum absolute atomic E-state index is 0.0721. The van der Waals surface area contributed by atoms with Gasteiger partial charge in [-0.25, -0.2) is 0 Å². The van der Waals surface area contributed by atoms with Crippen molar-refractivity contribution in [3.05, 3.63) is 89.5 Å². The van der Waals surface area contributed by atoms with Crippen LogP contribution in [-0.4, -0.2) is 36.6 Å². The van der Waals surface area contributed by atoms with Crippen LogP contribution in [-0.2, 0) is 4.79 Å². The first-order valence-corrected chi connectivity index (χ1v) is 9.87. The molecule has 1 N–H and O–H groups in total. The molecule has 3 aromatic carbocycles. The van der Waals surface area contributed by atoms with Crippen LogP contribution < -0.4 is 0 Å². The van der Waals surface area contributed by atoms with Gasteiger partial charge in [0.05, 0.1) is 5.25 Å². The van der Waals surface area contributed by atoms with Crippen molar-refractivity contribution in [2.45, 2.75) is 11.7 Å². The van der Waals surface area contributed by atoms with E-state index >= 15 is 0 Å². The van der Waals surface area contributed by atoms with E-state index in [1.165, 1.54) is 33.0 Å². The third-order valence-electron chi connectivity index (χ3n) is 5.13. The number of likely N-dealkylation sites (N-methyl/N-ethyl adjacent to an activating group) is 1. The topological polar surface area (TPSA) is 40.5 Å². The molecule has 0 saturated carbocycles. The van der Waals surface area contributed by atoms with Crippen LogP contribution >= 0.6 is 12.6 Å². The molecule has 1 aliphatic heterocycles. The first kappa shape index (κ1) is 20.2. The Labute approximate surface area is 171 Å². The number of hydrogen-bond donors (Lipinski definition) is 2. The molecule has 1 heterocycles. The maximum absolute atomic E-state index is 8.36. The van der Waals surface area contributed by atoms with E-state index in [9.17, 15) is 0 Å². The van der Waals surface area contributed by atoms with Gasteiger partial charge in [-0.2, -0.15) is 12.6 Å². The summed E-state index contributed by atoms with van der Waals surface area (Å²) in [5.74, 6) is 0. The quantitative estimate of drug-likeness (QED) is 0.471. The van der Waals surface area contributed by atoms with Gasteiger partial charge in [-0.1, -0.05) is 72.8 Å². The van der Waals surface area contributed by atoms with Crippen molar-refractivity contribution in [3.8, 4) is 0 Å².